The number of hydrogen-bond donors (Lipinski definition) is 0. The van der Waals surface area contributed by atoms with Gasteiger partial charge in [0.15, 0.2) is 0 Å². The second-order valence-corrected chi connectivity index (χ2v) is 3.90. The molecule has 0 aliphatic carbocycles. The Morgan fingerprint density at radius 2 is 2.22 bits per heavy atom. The van der Waals surface area contributed by atoms with Crippen molar-refractivity contribution < 1.29 is 14.0 Å². The van der Waals surface area contributed by atoms with Crippen LogP contribution >= 0.6 is 7.60 Å². The van der Waals surface area contributed by atoms with Gasteiger partial charge in [-0.1, -0.05) is 13.3 Å². The lowest BCUT2D eigenvalue weighted by Gasteiger charge is -2.19. The molecule has 0 saturated carbocycles. The first-order valence-electron chi connectivity index (χ1n) is 2.98. The Morgan fingerprint density at radius 1 is 1.67 bits per heavy atom. The van der Waals surface area contributed by atoms with E-state index >= 15 is 0 Å². The van der Waals surface area contributed by atoms with Crippen molar-refractivity contribution in [1.29, 1.82) is 0 Å². The Hall–Kier alpha value is 0.150. The summed E-state index contributed by atoms with van der Waals surface area (Å²) in [5.41, 5.74) is 0. The van der Waals surface area contributed by atoms with Crippen molar-refractivity contribution in [2.24, 2.45) is 0 Å². The van der Waals surface area contributed by atoms with Gasteiger partial charge in [-0.25, -0.2) is 0 Å². The van der Waals surface area contributed by atoms with Crippen molar-refractivity contribution >= 4 is 7.60 Å². The molecule has 0 N–H and O–H groups in total. The summed E-state index contributed by atoms with van der Waals surface area (Å²) < 4.78 is 14.8. The standard InChI is InChI=1S/C5H13O3P/c1-3-4-5-9(6,7)8-2/h3-5H2,1-2H3,(H,6,7)/p-1. The van der Waals surface area contributed by atoms with E-state index in [-0.39, 0.29) is 6.16 Å². The van der Waals surface area contributed by atoms with Crippen LogP contribution in [0.15, 0.2) is 0 Å². The Kier molecular flexibility index (Phi) is 4.11. The first-order valence-corrected chi connectivity index (χ1v) is 4.71. The molecular weight excluding hydrogens is 139 g/mol. The fraction of sp³-hybridized carbons (Fsp3) is 1.00. The van der Waals surface area contributed by atoms with Crippen LogP contribution in [0.3, 0.4) is 0 Å². The first-order chi connectivity index (χ1) is 4.12. The fourth-order valence-electron chi connectivity index (χ4n) is 0.443. The van der Waals surface area contributed by atoms with E-state index in [1.54, 1.807) is 0 Å². The van der Waals surface area contributed by atoms with E-state index in [0.29, 0.717) is 6.42 Å². The van der Waals surface area contributed by atoms with Gasteiger partial charge in [0.05, 0.1) is 0 Å². The van der Waals surface area contributed by atoms with Crippen LogP contribution in [0.1, 0.15) is 19.8 Å². The molecule has 4 heteroatoms. The molecule has 0 bridgehead atoms. The molecular formula is C5H12O3P-. The van der Waals surface area contributed by atoms with Gasteiger partial charge in [-0.3, -0.25) is 0 Å². The molecule has 0 aromatic rings. The largest absolute Gasteiger partial charge is 0.779 e. The maximum atomic E-state index is 10.6. The topological polar surface area (TPSA) is 49.4 Å². The van der Waals surface area contributed by atoms with Gasteiger partial charge in [0.1, 0.15) is 7.60 Å². The highest BCUT2D eigenvalue weighted by Crippen LogP contribution is 2.36. The molecule has 0 aliphatic heterocycles. The van der Waals surface area contributed by atoms with E-state index in [2.05, 4.69) is 4.52 Å². The summed E-state index contributed by atoms with van der Waals surface area (Å²) >= 11 is 0. The van der Waals surface area contributed by atoms with E-state index < -0.39 is 7.60 Å². The number of unbranched alkanes of at least 4 members (excludes halogenated alkanes) is 1. The Balaban J connectivity index is 3.46. The predicted molar refractivity (Wildman–Crippen MR) is 34.4 cm³/mol. The molecule has 0 aromatic carbocycles. The molecule has 0 saturated heterocycles. The van der Waals surface area contributed by atoms with Gasteiger partial charge < -0.3 is 14.0 Å². The predicted octanol–water partition coefficient (Wildman–Crippen LogP) is 0.986. The molecule has 0 spiro atoms. The third kappa shape index (κ3) is 4.64. The van der Waals surface area contributed by atoms with Crippen LogP contribution in [0.2, 0.25) is 0 Å². The fourth-order valence-corrected chi connectivity index (χ4v) is 1.33. The number of rotatable bonds is 4. The summed E-state index contributed by atoms with van der Waals surface area (Å²) in [6, 6.07) is 0. The van der Waals surface area contributed by atoms with E-state index in [4.69, 9.17) is 0 Å². The third-order valence-corrected chi connectivity index (χ3v) is 2.48. The highest BCUT2D eigenvalue weighted by molar-refractivity contribution is 7.51. The van der Waals surface area contributed by atoms with E-state index in [9.17, 15) is 9.46 Å². The molecule has 0 aliphatic rings. The second-order valence-electron chi connectivity index (χ2n) is 1.87. The van der Waals surface area contributed by atoms with E-state index in [0.717, 1.165) is 6.42 Å². The van der Waals surface area contributed by atoms with Crippen molar-refractivity contribution in [3.05, 3.63) is 0 Å². The normalized spacial score (nSPS) is 17.2. The summed E-state index contributed by atoms with van der Waals surface area (Å²) in [5, 5.41) is 0. The van der Waals surface area contributed by atoms with E-state index in [1.807, 2.05) is 6.92 Å². The number of hydrogen-bond acceptors (Lipinski definition) is 3. The molecule has 56 valence electrons. The molecule has 1 unspecified atom stereocenters. The van der Waals surface area contributed by atoms with Crippen molar-refractivity contribution in [2.45, 2.75) is 19.8 Å². The smallest absolute Gasteiger partial charge is 0.134 e. The zero-order valence-corrected chi connectivity index (χ0v) is 6.69. The van der Waals surface area contributed by atoms with Crippen molar-refractivity contribution in [2.75, 3.05) is 13.3 Å². The maximum Gasteiger partial charge on any atom is 0.134 e. The third-order valence-electron chi connectivity index (χ3n) is 1.06. The summed E-state index contributed by atoms with van der Waals surface area (Å²) in [6.07, 6.45) is 1.74. The van der Waals surface area contributed by atoms with Crippen LogP contribution in [0.4, 0.5) is 0 Å². The lowest BCUT2D eigenvalue weighted by molar-refractivity contribution is -0.196. The molecule has 0 amide bonds. The lowest BCUT2D eigenvalue weighted by atomic mass is 10.4. The molecule has 0 radical (unpaired) electrons. The van der Waals surface area contributed by atoms with Gasteiger partial charge in [0.2, 0.25) is 0 Å². The summed E-state index contributed by atoms with van der Waals surface area (Å²) in [5.74, 6) is 0. The van der Waals surface area contributed by atoms with Gasteiger partial charge in [0.25, 0.3) is 0 Å². The minimum atomic E-state index is -3.44. The highest BCUT2D eigenvalue weighted by Gasteiger charge is 2.02. The van der Waals surface area contributed by atoms with Crippen LogP contribution in [-0.4, -0.2) is 13.3 Å². The SMILES string of the molecule is CCCCP(=O)([O-])OC. The zero-order chi connectivity index (χ0) is 7.33. The zero-order valence-electron chi connectivity index (χ0n) is 5.79. The highest BCUT2D eigenvalue weighted by atomic mass is 31.2. The van der Waals surface area contributed by atoms with E-state index in [1.165, 1.54) is 7.11 Å². The van der Waals surface area contributed by atoms with Crippen molar-refractivity contribution in [3.8, 4) is 0 Å². The van der Waals surface area contributed by atoms with Gasteiger partial charge in [-0.2, -0.15) is 0 Å². The first kappa shape index (κ1) is 9.15. The Morgan fingerprint density at radius 3 is 2.56 bits per heavy atom. The van der Waals surface area contributed by atoms with Crippen LogP contribution < -0.4 is 4.89 Å². The van der Waals surface area contributed by atoms with Crippen LogP contribution in [0.5, 0.6) is 0 Å². The summed E-state index contributed by atoms with van der Waals surface area (Å²) in [7, 11) is -2.24. The van der Waals surface area contributed by atoms with Crippen LogP contribution in [0, 0.1) is 0 Å². The lowest BCUT2D eigenvalue weighted by Crippen LogP contribution is -2.05. The van der Waals surface area contributed by atoms with Gasteiger partial charge in [0, 0.05) is 13.3 Å². The minimum Gasteiger partial charge on any atom is -0.779 e. The van der Waals surface area contributed by atoms with Gasteiger partial charge in [-0.15, -0.1) is 0 Å². The average Bonchev–Trinajstić information content (AvgIpc) is 1.84. The molecule has 9 heavy (non-hydrogen) atoms. The van der Waals surface area contributed by atoms with Gasteiger partial charge >= 0.3 is 0 Å². The van der Waals surface area contributed by atoms with Crippen LogP contribution in [-0.2, 0) is 9.09 Å². The average molecular weight is 151 g/mol. The second kappa shape index (κ2) is 4.04. The molecule has 1 atom stereocenters. The monoisotopic (exact) mass is 151 g/mol. The maximum absolute atomic E-state index is 10.6. The Labute approximate surface area is 55.6 Å². The molecule has 0 aromatic heterocycles. The minimum absolute atomic E-state index is 0.167. The summed E-state index contributed by atoms with van der Waals surface area (Å²) in [6.45, 7) is 1.94. The summed E-state index contributed by atoms with van der Waals surface area (Å²) in [4.78, 5) is 10.6. The molecule has 0 heterocycles. The van der Waals surface area contributed by atoms with Crippen molar-refractivity contribution in [3.63, 3.8) is 0 Å². The molecule has 3 nitrogen and oxygen atoms in total. The van der Waals surface area contributed by atoms with Crippen molar-refractivity contribution in [1.82, 2.24) is 0 Å². The molecule has 0 fully saturated rings. The molecule has 0 rings (SSSR count). The van der Waals surface area contributed by atoms with Crippen LogP contribution in [0.25, 0.3) is 0 Å². The quantitative estimate of drug-likeness (QED) is 0.563. The van der Waals surface area contributed by atoms with Gasteiger partial charge in [-0.05, 0) is 6.42 Å². The Bertz CT molecular complexity index is 113.